The van der Waals surface area contributed by atoms with Crippen molar-refractivity contribution in [1.29, 1.82) is 0 Å². The van der Waals surface area contributed by atoms with Crippen LogP contribution in [-0.2, 0) is 26.2 Å². The number of carboxylic acid groups (broad SMARTS) is 3. The first-order chi connectivity index (χ1) is 15.7. The smallest absolute Gasteiger partial charge is 0.336 e. The van der Waals surface area contributed by atoms with Crippen LogP contribution in [0.25, 0.3) is 0 Å². The molecule has 2 aromatic rings. The Kier molecular flexibility index (Phi) is 9.20. The number of benzene rings is 1. The number of rotatable bonds is 11. The summed E-state index contributed by atoms with van der Waals surface area (Å²) < 4.78 is 23.8. The average molecular weight is 451 g/mol. The number of carbonyl (C=O) groups excluding carboxylic acids is 1. The van der Waals surface area contributed by atoms with Gasteiger partial charge in [0.05, 0.1) is 12.1 Å². The van der Waals surface area contributed by atoms with E-state index < -0.39 is 42.7 Å². The van der Waals surface area contributed by atoms with Crippen molar-refractivity contribution in [3.8, 4) is 0 Å². The number of carbonyl (C=O) groups is 3. The number of aromatic nitrogens is 2. The van der Waals surface area contributed by atoms with Crippen LogP contribution in [0.3, 0.4) is 0 Å². The molecule has 2 unspecified atom stereocenters. The molecule has 1 aromatic carbocycles. The molecule has 1 aromatic heterocycles. The first kappa shape index (κ1) is 23.4. The van der Waals surface area contributed by atoms with Crippen molar-refractivity contribution in [1.82, 2.24) is 9.78 Å². The third-order valence-corrected chi connectivity index (χ3v) is 4.25. The van der Waals surface area contributed by atoms with Crippen molar-refractivity contribution in [3.05, 3.63) is 53.9 Å². The molecule has 0 spiro atoms. The summed E-state index contributed by atoms with van der Waals surface area (Å²) in [6, 6.07) is 11.8. The third kappa shape index (κ3) is 8.86. The van der Waals surface area contributed by atoms with E-state index in [0.717, 1.165) is 11.3 Å². The second kappa shape index (κ2) is 12.6. The molecule has 10 nitrogen and oxygen atoms in total. The Hall–Kier alpha value is -3.24. The van der Waals surface area contributed by atoms with Gasteiger partial charge >= 0.3 is 11.9 Å². The van der Waals surface area contributed by atoms with E-state index in [1.807, 2.05) is 57.3 Å². The molecule has 176 valence electrons. The molecule has 0 amide bonds. The average Bonchev–Trinajstić information content (AvgIpc) is 3.13. The van der Waals surface area contributed by atoms with Gasteiger partial charge in [0.25, 0.3) is 0 Å². The number of nitrogens with zero attached hydrogens (tertiary/aromatic N) is 2. The molecule has 32 heavy (non-hydrogen) atoms. The first-order valence-electron chi connectivity index (χ1n) is 10.7. The van der Waals surface area contributed by atoms with Crippen LogP contribution < -0.4 is 5.11 Å². The van der Waals surface area contributed by atoms with Gasteiger partial charge in [0.2, 0.25) is 0 Å². The number of carboxylic acids is 3. The van der Waals surface area contributed by atoms with Gasteiger partial charge in [0.1, 0.15) is 6.10 Å². The first-order valence-corrected chi connectivity index (χ1v) is 9.71. The van der Waals surface area contributed by atoms with Gasteiger partial charge in [-0.25, -0.2) is 4.79 Å². The fourth-order valence-electron chi connectivity index (χ4n) is 2.62. The van der Waals surface area contributed by atoms with E-state index in [2.05, 4.69) is 5.10 Å². The molecular formula is C22H29N2O8-. The van der Waals surface area contributed by atoms with E-state index in [1.54, 1.807) is 10.9 Å². The van der Waals surface area contributed by atoms with Crippen molar-refractivity contribution in [2.75, 3.05) is 6.61 Å². The van der Waals surface area contributed by atoms with Crippen LogP contribution >= 0.6 is 0 Å². The Balaban J connectivity index is 0.000000385. The fraction of sp³-hybridized carbons (Fsp3) is 0.455. The summed E-state index contributed by atoms with van der Waals surface area (Å²) in [6.45, 7) is 3.78. The Labute approximate surface area is 188 Å². The van der Waals surface area contributed by atoms with Gasteiger partial charge in [-0.15, -0.1) is 0 Å². The molecule has 2 rings (SSSR count). The predicted octanol–water partition coefficient (Wildman–Crippen LogP) is 0.989. The van der Waals surface area contributed by atoms with Crippen LogP contribution in [0.2, 0.25) is 0 Å². The van der Waals surface area contributed by atoms with Crippen LogP contribution in [0.5, 0.6) is 0 Å². The number of aliphatic carboxylic acids is 3. The van der Waals surface area contributed by atoms with Crippen LogP contribution in [0.1, 0.15) is 53.2 Å². The van der Waals surface area contributed by atoms with E-state index in [4.69, 9.17) is 22.8 Å². The zero-order chi connectivity index (χ0) is 26.1. The molecule has 2 atom stereocenters. The second-order valence-corrected chi connectivity index (χ2v) is 7.30. The highest BCUT2D eigenvalue weighted by Gasteiger charge is 2.38. The van der Waals surface area contributed by atoms with Gasteiger partial charge in [-0.2, -0.15) is 5.10 Å². The van der Waals surface area contributed by atoms with Crippen molar-refractivity contribution >= 4 is 17.9 Å². The van der Waals surface area contributed by atoms with Gasteiger partial charge < -0.3 is 30.0 Å². The highest BCUT2D eigenvalue weighted by molar-refractivity contribution is 5.87. The molecule has 3 N–H and O–H groups in total. The van der Waals surface area contributed by atoms with Crippen molar-refractivity contribution in [3.63, 3.8) is 0 Å². The number of aliphatic hydroxyl groups is 1. The van der Waals surface area contributed by atoms with Gasteiger partial charge in [-0.3, -0.25) is 9.48 Å². The molecular weight excluding hydrogens is 420 g/mol. The maximum absolute atomic E-state index is 10.3. The summed E-state index contributed by atoms with van der Waals surface area (Å²) in [7, 11) is 1.87. The van der Waals surface area contributed by atoms with E-state index in [-0.39, 0.29) is 18.6 Å². The van der Waals surface area contributed by atoms with E-state index in [9.17, 15) is 19.5 Å². The highest BCUT2D eigenvalue weighted by Crippen LogP contribution is 2.25. The van der Waals surface area contributed by atoms with Crippen molar-refractivity contribution in [2.45, 2.75) is 44.8 Å². The monoisotopic (exact) mass is 451 g/mol. The summed E-state index contributed by atoms with van der Waals surface area (Å²) >= 11 is 0. The Morgan fingerprint density at radius 3 is 2.25 bits per heavy atom. The van der Waals surface area contributed by atoms with Crippen molar-refractivity contribution < 1.29 is 42.3 Å². The molecule has 0 saturated carbocycles. The van der Waals surface area contributed by atoms with Crippen LogP contribution in [0, 0.1) is 5.92 Å². The minimum Gasteiger partial charge on any atom is -0.550 e. The highest BCUT2D eigenvalue weighted by atomic mass is 16.5. The number of ether oxygens (including phenoxy) is 1. The zero-order valence-corrected chi connectivity index (χ0v) is 18.1. The van der Waals surface area contributed by atoms with Crippen molar-refractivity contribution in [2.24, 2.45) is 13.0 Å². The largest absolute Gasteiger partial charge is 0.550 e. The molecule has 0 saturated heterocycles. The summed E-state index contributed by atoms with van der Waals surface area (Å²) in [5.74, 6) is -5.43. The predicted molar refractivity (Wildman–Crippen MR) is 111 cm³/mol. The molecule has 0 aliphatic heterocycles. The number of aryl methyl sites for hydroxylation is 1. The third-order valence-electron chi connectivity index (χ3n) is 4.25. The summed E-state index contributed by atoms with van der Waals surface area (Å²) in [5, 5.41) is 39.7. The minimum absolute atomic E-state index is 0.0510. The summed E-state index contributed by atoms with van der Waals surface area (Å²) in [5.41, 5.74) is -0.883. The molecule has 0 bridgehead atoms. The lowest BCUT2D eigenvalue weighted by Gasteiger charge is -2.21. The molecule has 10 heteroatoms. The van der Waals surface area contributed by atoms with Gasteiger partial charge in [-0.1, -0.05) is 44.2 Å². The molecule has 0 radical (unpaired) electrons. The minimum atomic E-state index is -2.80. The van der Waals surface area contributed by atoms with E-state index in [0.29, 0.717) is 0 Å². The normalized spacial score (nSPS) is 14.9. The number of hydrogen-bond acceptors (Lipinski definition) is 7. The van der Waals surface area contributed by atoms with Crippen LogP contribution in [0.4, 0.5) is 0 Å². The topological polar surface area (TPSA) is 162 Å². The summed E-state index contributed by atoms with van der Waals surface area (Å²) in [4.78, 5) is 30.3. The maximum atomic E-state index is 10.3. The van der Waals surface area contributed by atoms with E-state index in [1.165, 1.54) is 0 Å². The van der Waals surface area contributed by atoms with Gasteiger partial charge in [0.15, 0.2) is 5.60 Å². The lowest BCUT2D eigenvalue weighted by atomic mass is 9.96. The van der Waals surface area contributed by atoms with Gasteiger partial charge in [-0.05, 0) is 23.9 Å². The molecule has 1 heterocycles. The lowest BCUT2D eigenvalue weighted by molar-refractivity contribution is -0.309. The maximum Gasteiger partial charge on any atom is 0.336 e. The van der Waals surface area contributed by atoms with E-state index >= 15 is 0 Å². The zero-order valence-electron chi connectivity index (χ0n) is 20.1. The molecule has 0 aliphatic rings. The summed E-state index contributed by atoms with van der Waals surface area (Å²) in [6.07, 6.45) is -2.38. The Bertz CT molecular complexity index is 947. The second-order valence-electron chi connectivity index (χ2n) is 7.30. The Morgan fingerprint density at radius 1 is 1.19 bits per heavy atom. The molecule has 0 fully saturated rings. The SMILES string of the molecule is O=C([O-])CC(O)(CC(=O)O)C(=O)O.[2H]C([2H])(COC(c1ccccc1)c1ccnn1C)C(C)C. The lowest BCUT2D eigenvalue weighted by Crippen LogP contribution is -2.45. The van der Waals surface area contributed by atoms with Gasteiger partial charge in [0, 0.05) is 35.0 Å². The molecule has 0 aliphatic carbocycles. The van der Waals surface area contributed by atoms with Crippen LogP contribution in [0.15, 0.2) is 42.6 Å². The number of hydrogen-bond donors (Lipinski definition) is 3. The van der Waals surface area contributed by atoms with Crippen LogP contribution in [-0.4, -0.2) is 55.2 Å². The Morgan fingerprint density at radius 2 is 1.81 bits per heavy atom. The standard InChI is InChI=1S/C16H22N2O.C6H8O7/c1-13(2)10-12-19-16(14-7-5-4-6-8-14)15-9-11-17-18(15)3;7-3(8)1-6(13,5(11)12)2-4(9)10/h4-9,11,13,16H,10,12H2,1-3H3;13H,1-2H2,(H,7,8)(H,9,10)(H,11,12)/p-1/i10D2;. The fourth-order valence-corrected chi connectivity index (χ4v) is 2.62. The quantitative estimate of drug-likeness (QED) is 0.452.